The van der Waals surface area contributed by atoms with Crippen LogP contribution in [0.25, 0.3) is 10.8 Å². The molecule has 0 fully saturated rings. The van der Waals surface area contributed by atoms with E-state index in [9.17, 15) is 4.79 Å². The first-order valence-corrected chi connectivity index (χ1v) is 11.4. The summed E-state index contributed by atoms with van der Waals surface area (Å²) in [5.41, 5.74) is 3.01. The third-order valence-electron chi connectivity index (χ3n) is 5.54. The minimum atomic E-state index is -0.332. The summed E-state index contributed by atoms with van der Waals surface area (Å²) >= 11 is 12.1. The lowest BCUT2D eigenvalue weighted by Gasteiger charge is -2.20. The summed E-state index contributed by atoms with van der Waals surface area (Å²) in [4.78, 5) is 12.8. The maximum atomic E-state index is 12.8. The van der Waals surface area contributed by atoms with Gasteiger partial charge in [0.05, 0.1) is 13.2 Å². The Morgan fingerprint density at radius 2 is 1.52 bits per heavy atom. The zero-order valence-corrected chi connectivity index (χ0v) is 19.7. The average Bonchev–Trinajstić information content (AvgIpc) is 2.83. The second-order valence-electron chi connectivity index (χ2n) is 7.69. The average molecular weight is 479 g/mol. The van der Waals surface area contributed by atoms with E-state index >= 15 is 0 Å². The number of hydrogen-bond donors (Lipinski definition) is 2. The van der Waals surface area contributed by atoms with Gasteiger partial charge in [-0.15, -0.1) is 0 Å². The summed E-state index contributed by atoms with van der Waals surface area (Å²) in [6, 6.07) is 26.5. The van der Waals surface area contributed by atoms with Gasteiger partial charge in [0.15, 0.2) is 0 Å². The van der Waals surface area contributed by atoms with Gasteiger partial charge in [0, 0.05) is 16.6 Å². The molecule has 0 aromatic heterocycles. The Morgan fingerprint density at radius 3 is 2.12 bits per heavy atom. The second kappa shape index (κ2) is 10.6. The molecule has 33 heavy (non-hydrogen) atoms. The van der Waals surface area contributed by atoms with Crippen molar-refractivity contribution in [1.82, 2.24) is 10.6 Å². The highest BCUT2D eigenvalue weighted by Gasteiger charge is 2.17. The molecule has 0 spiro atoms. The number of urea groups is 1. The molecule has 0 atom stereocenters. The first-order chi connectivity index (χ1) is 16.0. The zero-order chi connectivity index (χ0) is 23.2. The molecule has 0 aliphatic heterocycles. The van der Waals surface area contributed by atoms with E-state index in [0.29, 0.717) is 23.0 Å². The van der Waals surface area contributed by atoms with Crippen molar-refractivity contribution < 1.29 is 9.53 Å². The Kier molecular flexibility index (Phi) is 7.38. The van der Waals surface area contributed by atoms with Gasteiger partial charge in [0.2, 0.25) is 0 Å². The fourth-order valence-corrected chi connectivity index (χ4v) is 4.08. The monoisotopic (exact) mass is 478 g/mol. The Hall–Kier alpha value is -3.21. The lowest BCUT2D eigenvalue weighted by Crippen LogP contribution is -2.39. The predicted molar refractivity (Wildman–Crippen MR) is 135 cm³/mol. The molecule has 168 valence electrons. The lowest BCUT2D eigenvalue weighted by molar-refractivity contribution is 0.239. The molecule has 0 saturated carbocycles. The predicted octanol–water partition coefficient (Wildman–Crippen LogP) is 6.79. The Bertz CT molecular complexity index is 1200. The van der Waals surface area contributed by atoms with Gasteiger partial charge < -0.3 is 15.4 Å². The van der Waals surface area contributed by atoms with Crippen molar-refractivity contribution in [2.24, 2.45) is 0 Å². The third-order valence-corrected chi connectivity index (χ3v) is 6.05. The summed E-state index contributed by atoms with van der Waals surface area (Å²) in [7, 11) is 1.66. The van der Waals surface area contributed by atoms with Crippen molar-refractivity contribution in [3.05, 3.63) is 112 Å². The SMILES string of the molecule is COc1ccc2cccc(CCNC(=O)NC(c3ccc(Cl)cc3)c3ccc(Cl)cc3)c2c1. The van der Waals surface area contributed by atoms with Crippen molar-refractivity contribution in [3.63, 3.8) is 0 Å². The summed E-state index contributed by atoms with van der Waals surface area (Å²) in [6.07, 6.45) is 0.699. The number of nitrogens with one attached hydrogen (secondary N) is 2. The van der Waals surface area contributed by atoms with Crippen LogP contribution in [0.5, 0.6) is 5.75 Å². The molecule has 6 heteroatoms. The molecule has 4 aromatic carbocycles. The molecule has 0 heterocycles. The number of carbonyl (C=O) groups is 1. The summed E-state index contributed by atoms with van der Waals surface area (Å²) in [6.45, 7) is 0.496. The number of methoxy groups -OCH3 is 1. The molecule has 4 nitrogen and oxygen atoms in total. The number of hydrogen-bond acceptors (Lipinski definition) is 2. The quantitative estimate of drug-likeness (QED) is 0.307. The van der Waals surface area contributed by atoms with E-state index in [1.807, 2.05) is 72.8 Å². The van der Waals surface area contributed by atoms with Crippen LogP contribution >= 0.6 is 23.2 Å². The standard InChI is InChI=1S/C27H24Cl2N2O2/c1-33-24-14-9-18-3-2-4-19(25(18)17-24)15-16-30-27(32)31-26(20-5-10-22(28)11-6-20)21-7-12-23(29)13-8-21/h2-14,17,26H,15-16H2,1H3,(H2,30,31,32). The van der Waals surface area contributed by atoms with Gasteiger partial charge in [-0.1, -0.05) is 71.7 Å². The second-order valence-corrected chi connectivity index (χ2v) is 8.56. The summed E-state index contributed by atoms with van der Waals surface area (Å²) < 4.78 is 5.37. The maximum Gasteiger partial charge on any atom is 0.315 e. The van der Waals surface area contributed by atoms with E-state index in [2.05, 4.69) is 22.8 Å². The summed E-state index contributed by atoms with van der Waals surface area (Å²) in [5.74, 6) is 0.814. The van der Waals surface area contributed by atoms with Gasteiger partial charge >= 0.3 is 6.03 Å². The Morgan fingerprint density at radius 1 is 0.879 bits per heavy atom. The largest absolute Gasteiger partial charge is 0.497 e. The molecule has 2 amide bonds. The van der Waals surface area contributed by atoms with Gasteiger partial charge in [-0.25, -0.2) is 4.79 Å². The summed E-state index contributed by atoms with van der Waals surface area (Å²) in [5, 5.41) is 9.61. The van der Waals surface area contributed by atoms with E-state index in [4.69, 9.17) is 27.9 Å². The van der Waals surface area contributed by atoms with Crippen molar-refractivity contribution >= 4 is 40.0 Å². The molecule has 0 saturated heterocycles. The first kappa shape index (κ1) is 23.0. The smallest absolute Gasteiger partial charge is 0.315 e. The molecular formula is C27H24Cl2N2O2. The van der Waals surface area contributed by atoms with E-state index in [1.54, 1.807) is 7.11 Å². The minimum Gasteiger partial charge on any atom is -0.497 e. The topological polar surface area (TPSA) is 50.4 Å². The van der Waals surface area contributed by atoms with Crippen LogP contribution in [-0.2, 0) is 6.42 Å². The van der Waals surface area contributed by atoms with E-state index in [1.165, 1.54) is 0 Å². The molecule has 4 rings (SSSR count). The highest BCUT2D eigenvalue weighted by atomic mass is 35.5. The molecule has 4 aromatic rings. The minimum absolute atomic E-state index is 0.247. The number of fused-ring (bicyclic) bond motifs is 1. The first-order valence-electron chi connectivity index (χ1n) is 10.6. The van der Waals surface area contributed by atoms with Gasteiger partial charge in [-0.2, -0.15) is 0 Å². The Balaban J connectivity index is 1.45. The molecular weight excluding hydrogens is 455 g/mol. The molecule has 2 N–H and O–H groups in total. The molecule has 0 radical (unpaired) electrons. The van der Waals surface area contributed by atoms with Crippen molar-refractivity contribution in [2.75, 3.05) is 13.7 Å². The van der Waals surface area contributed by atoms with Crippen LogP contribution in [0.2, 0.25) is 10.0 Å². The van der Waals surface area contributed by atoms with E-state index in [-0.39, 0.29) is 12.1 Å². The van der Waals surface area contributed by atoms with Crippen LogP contribution in [-0.4, -0.2) is 19.7 Å². The number of carbonyl (C=O) groups excluding carboxylic acids is 1. The van der Waals surface area contributed by atoms with Crippen molar-refractivity contribution in [3.8, 4) is 5.75 Å². The number of halogens is 2. The van der Waals surface area contributed by atoms with Crippen LogP contribution in [0.4, 0.5) is 4.79 Å². The molecule has 0 unspecified atom stereocenters. The van der Waals surface area contributed by atoms with Crippen LogP contribution < -0.4 is 15.4 Å². The third kappa shape index (κ3) is 5.78. The highest BCUT2D eigenvalue weighted by molar-refractivity contribution is 6.30. The Labute approximate surface area is 203 Å². The number of benzene rings is 4. The van der Waals surface area contributed by atoms with Crippen molar-refractivity contribution in [2.45, 2.75) is 12.5 Å². The van der Waals surface area contributed by atoms with E-state index < -0.39 is 0 Å². The normalized spacial score (nSPS) is 10.9. The molecule has 0 bridgehead atoms. The number of amides is 2. The van der Waals surface area contributed by atoms with Gasteiger partial charge in [0.25, 0.3) is 0 Å². The fourth-order valence-electron chi connectivity index (χ4n) is 3.82. The van der Waals surface area contributed by atoms with Gasteiger partial charge in [0.1, 0.15) is 5.75 Å². The van der Waals surface area contributed by atoms with Crippen LogP contribution in [0, 0.1) is 0 Å². The lowest BCUT2D eigenvalue weighted by atomic mass is 9.99. The highest BCUT2D eigenvalue weighted by Crippen LogP contribution is 2.26. The maximum absolute atomic E-state index is 12.8. The van der Waals surface area contributed by atoms with Crippen molar-refractivity contribution in [1.29, 1.82) is 0 Å². The fraction of sp³-hybridized carbons (Fsp3) is 0.148. The zero-order valence-electron chi connectivity index (χ0n) is 18.1. The molecule has 0 aliphatic rings. The van der Waals surface area contributed by atoms with Crippen LogP contribution in [0.15, 0.2) is 84.9 Å². The van der Waals surface area contributed by atoms with E-state index in [0.717, 1.165) is 33.2 Å². The van der Waals surface area contributed by atoms with Crippen LogP contribution in [0.1, 0.15) is 22.7 Å². The molecule has 0 aliphatic carbocycles. The number of rotatable bonds is 7. The van der Waals surface area contributed by atoms with Gasteiger partial charge in [-0.3, -0.25) is 0 Å². The number of ether oxygens (including phenoxy) is 1. The van der Waals surface area contributed by atoms with Crippen LogP contribution in [0.3, 0.4) is 0 Å². The van der Waals surface area contributed by atoms with Gasteiger partial charge in [-0.05, 0) is 70.3 Å².